The van der Waals surface area contributed by atoms with Gasteiger partial charge in [0, 0.05) is 0 Å². The number of nitrogens with zero attached hydrogens (tertiary/aromatic N) is 2. The van der Waals surface area contributed by atoms with E-state index in [0.717, 1.165) is 30.2 Å². The third-order valence-electron chi connectivity index (χ3n) is 4.65. The molecule has 7 nitrogen and oxygen atoms in total. The van der Waals surface area contributed by atoms with E-state index in [1.54, 1.807) is 37.5 Å². The van der Waals surface area contributed by atoms with E-state index in [1.165, 1.54) is 29.2 Å². The molecule has 10 heteroatoms. The van der Waals surface area contributed by atoms with Gasteiger partial charge in [-0.05, 0) is 54.5 Å². The van der Waals surface area contributed by atoms with E-state index in [4.69, 9.17) is 9.47 Å². The van der Waals surface area contributed by atoms with Crippen molar-refractivity contribution in [2.24, 2.45) is 4.99 Å². The quantitative estimate of drug-likeness (QED) is 0.262. The van der Waals surface area contributed by atoms with E-state index in [-0.39, 0.29) is 22.4 Å². The number of aliphatic imine (C=N–C) groups is 1. The van der Waals surface area contributed by atoms with Crippen LogP contribution in [0.15, 0.2) is 59.2 Å². The summed E-state index contributed by atoms with van der Waals surface area (Å²) in [6.07, 6.45) is 3.29. The van der Waals surface area contributed by atoms with Crippen LogP contribution in [0.25, 0.3) is 6.08 Å². The number of unbranched alkanes of at least 4 members (excludes halogenated alkanes) is 1. The van der Waals surface area contributed by atoms with Crippen molar-refractivity contribution in [3.8, 4) is 11.5 Å². The smallest absolute Gasteiger partial charge is 0.387 e. The van der Waals surface area contributed by atoms with Gasteiger partial charge in [-0.2, -0.15) is 8.78 Å². The molecule has 180 valence electrons. The molecule has 0 unspecified atom stereocenters. The minimum atomic E-state index is -2.95. The molecule has 3 rings (SSSR count). The Kier molecular flexibility index (Phi) is 9.03. The van der Waals surface area contributed by atoms with Crippen molar-refractivity contribution in [3.05, 3.63) is 59.8 Å². The Morgan fingerprint density at radius 1 is 1.12 bits per heavy atom. The lowest BCUT2D eigenvalue weighted by molar-refractivity contribution is -0.140. The number of amidine groups is 1. The predicted molar refractivity (Wildman–Crippen MR) is 127 cm³/mol. The third kappa shape index (κ3) is 6.80. The number of hydrogen-bond donors (Lipinski definition) is 0. The van der Waals surface area contributed by atoms with E-state index in [1.807, 2.05) is 6.92 Å². The molecule has 1 aliphatic rings. The van der Waals surface area contributed by atoms with E-state index in [0.29, 0.717) is 18.0 Å². The van der Waals surface area contributed by atoms with Gasteiger partial charge in [0.25, 0.3) is 5.91 Å². The molecular formula is C24H24F2N2O5S. The van der Waals surface area contributed by atoms with E-state index < -0.39 is 18.5 Å². The lowest BCUT2D eigenvalue weighted by atomic mass is 10.2. The van der Waals surface area contributed by atoms with Crippen LogP contribution in [0.1, 0.15) is 25.3 Å². The highest BCUT2D eigenvalue weighted by Crippen LogP contribution is 2.31. The summed E-state index contributed by atoms with van der Waals surface area (Å²) in [5.74, 6) is -0.227. The number of hydrogen-bond acceptors (Lipinski definition) is 7. The largest absolute Gasteiger partial charge is 0.497 e. The summed E-state index contributed by atoms with van der Waals surface area (Å²) in [7, 11) is 1.56. The second-order valence-electron chi connectivity index (χ2n) is 7.07. The van der Waals surface area contributed by atoms with Crippen LogP contribution in [0.5, 0.6) is 11.5 Å². The van der Waals surface area contributed by atoms with Gasteiger partial charge in [-0.1, -0.05) is 37.2 Å². The minimum Gasteiger partial charge on any atom is -0.497 e. The number of alkyl halides is 2. The van der Waals surface area contributed by atoms with Crippen LogP contribution in [-0.4, -0.2) is 43.1 Å². The van der Waals surface area contributed by atoms with Gasteiger partial charge >= 0.3 is 12.6 Å². The summed E-state index contributed by atoms with van der Waals surface area (Å²) in [6, 6.07) is 12.7. The second kappa shape index (κ2) is 12.2. The number of ether oxygens (including phenoxy) is 3. The number of rotatable bonds is 10. The van der Waals surface area contributed by atoms with E-state index in [9.17, 15) is 18.4 Å². The first kappa shape index (κ1) is 25.2. The molecule has 0 N–H and O–H groups in total. The highest BCUT2D eigenvalue weighted by Gasteiger charge is 2.32. The van der Waals surface area contributed by atoms with Crippen LogP contribution in [0, 0.1) is 0 Å². The Hall–Kier alpha value is -3.40. The first-order chi connectivity index (χ1) is 16.4. The number of carbonyl (C=O) groups is 2. The van der Waals surface area contributed by atoms with Gasteiger partial charge in [0.05, 0.1) is 25.2 Å². The van der Waals surface area contributed by atoms with Crippen LogP contribution >= 0.6 is 11.8 Å². The lowest BCUT2D eigenvalue weighted by Gasteiger charge is -2.18. The molecule has 0 aliphatic carbocycles. The number of halogens is 2. The highest BCUT2D eigenvalue weighted by atomic mass is 32.2. The molecule has 0 atom stereocenters. The number of carbonyl (C=O) groups excluding carboxylic acids is 2. The summed E-state index contributed by atoms with van der Waals surface area (Å²) in [6.45, 7) is -0.628. The maximum atomic E-state index is 13.2. The van der Waals surface area contributed by atoms with E-state index >= 15 is 0 Å². The van der Waals surface area contributed by atoms with Crippen molar-refractivity contribution in [3.63, 3.8) is 0 Å². The molecule has 0 saturated carbocycles. The van der Waals surface area contributed by atoms with Crippen LogP contribution in [0.4, 0.5) is 14.5 Å². The molecular weight excluding hydrogens is 466 g/mol. The Balaban J connectivity index is 1.83. The molecule has 0 aromatic heterocycles. The van der Waals surface area contributed by atoms with Gasteiger partial charge < -0.3 is 14.2 Å². The topological polar surface area (TPSA) is 77.4 Å². The standard InChI is InChI=1S/C24H24F2N2O5S/c1-3-4-13-32-21(29)15-34-24-27-20(14-16-5-9-18(31-2)10-6-16)22(30)28(24)17-7-11-19(12-8-17)33-23(25)26/h5-12,14,23H,3-4,13,15H2,1-2H3. The molecule has 1 heterocycles. The van der Waals surface area contributed by atoms with Gasteiger partial charge in [0.2, 0.25) is 0 Å². The molecule has 1 aliphatic heterocycles. The summed E-state index contributed by atoms with van der Waals surface area (Å²) in [4.78, 5) is 31.0. The number of amides is 1. The summed E-state index contributed by atoms with van der Waals surface area (Å²) >= 11 is 1.06. The summed E-state index contributed by atoms with van der Waals surface area (Å²) < 4.78 is 39.6. The number of esters is 1. The molecule has 2 aromatic rings. The average Bonchev–Trinajstić information content (AvgIpc) is 3.13. The Morgan fingerprint density at radius 2 is 1.79 bits per heavy atom. The zero-order valence-corrected chi connectivity index (χ0v) is 19.5. The molecule has 0 spiro atoms. The summed E-state index contributed by atoms with van der Waals surface area (Å²) in [5, 5.41) is 0.278. The van der Waals surface area contributed by atoms with Crippen molar-refractivity contribution < 1.29 is 32.6 Å². The monoisotopic (exact) mass is 490 g/mol. The Labute approximate surface area is 200 Å². The zero-order chi connectivity index (χ0) is 24.5. The van der Waals surface area contributed by atoms with Crippen LogP contribution in [-0.2, 0) is 14.3 Å². The zero-order valence-electron chi connectivity index (χ0n) is 18.7. The van der Waals surface area contributed by atoms with Gasteiger partial charge in [-0.25, -0.2) is 4.99 Å². The second-order valence-corrected chi connectivity index (χ2v) is 8.02. The molecule has 1 amide bonds. The molecule has 34 heavy (non-hydrogen) atoms. The van der Waals surface area contributed by atoms with Crippen LogP contribution in [0.2, 0.25) is 0 Å². The fourth-order valence-electron chi connectivity index (χ4n) is 2.95. The molecule has 2 aromatic carbocycles. The average molecular weight is 491 g/mol. The SMILES string of the molecule is CCCCOC(=O)CSC1=NC(=Cc2ccc(OC)cc2)C(=O)N1c1ccc(OC(F)F)cc1. The van der Waals surface area contributed by atoms with Gasteiger partial charge in [0.15, 0.2) is 5.17 Å². The van der Waals surface area contributed by atoms with Crippen molar-refractivity contribution in [1.29, 1.82) is 0 Å². The number of thioether (sulfide) groups is 1. The number of benzene rings is 2. The number of methoxy groups -OCH3 is 1. The first-order valence-electron chi connectivity index (χ1n) is 10.5. The normalized spacial score (nSPS) is 14.5. The first-order valence-corrected chi connectivity index (χ1v) is 11.5. The molecule has 0 bridgehead atoms. The summed E-state index contributed by atoms with van der Waals surface area (Å²) in [5.41, 5.74) is 1.30. The Morgan fingerprint density at radius 3 is 2.41 bits per heavy atom. The van der Waals surface area contributed by atoms with Crippen LogP contribution < -0.4 is 14.4 Å². The number of anilines is 1. The molecule has 0 saturated heterocycles. The maximum absolute atomic E-state index is 13.2. The fourth-order valence-corrected chi connectivity index (χ4v) is 3.76. The van der Waals surface area contributed by atoms with E-state index in [2.05, 4.69) is 9.73 Å². The van der Waals surface area contributed by atoms with Crippen molar-refractivity contribution in [2.45, 2.75) is 26.4 Å². The highest BCUT2D eigenvalue weighted by molar-refractivity contribution is 8.14. The van der Waals surface area contributed by atoms with Gasteiger partial charge in [-0.3, -0.25) is 14.5 Å². The molecule has 0 radical (unpaired) electrons. The third-order valence-corrected chi connectivity index (χ3v) is 5.56. The maximum Gasteiger partial charge on any atom is 0.387 e. The van der Waals surface area contributed by atoms with Crippen molar-refractivity contribution in [1.82, 2.24) is 0 Å². The van der Waals surface area contributed by atoms with Gasteiger partial charge in [-0.15, -0.1) is 0 Å². The Bertz CT molecular complexity index is 1060. The van der Waals surface area contributed by atoms with Gasteiger partial charge in [0.1, 0.15) is 17.2 Å². The predicted octanol–water partition coefficient (Wildman–Crippen LogP) is 5.12. The lowest BCUT2D eigenvalue weighted by Crippen LogP contribution is -2.31. The minimum absolute atomic E-state index is 0.0330. The van der Waals surface area contributed by atoms with Crippen molar-refractivity contribution in [2.75, 3.05) is 24.4 Å². The van der Waals surface area contributed by atoms with Crippen molar-refractivity contribution >= 4 is 40.6 Å². The van der Waals surface area contributed by atoms with Crippen LogP contribution in [0.3, 0.4) is 0 Å². The fraction of sp³-hybridized carbons (Fsp3) is 0.292. The molecule has 0 fully saturated rings.